The van der Waals surface area contributed by atoms with E-state index in [-0.39, 0.29) is 11.8 Å². The zero-order valence-corrected chi connectivity index (χ0v) is 17.2. The van der Waals surface area contributed by atoms with Gasteiger partial charge >= 0.3 is 0 Å². The number of ether oxygens (including phenoxy) is 1. The van der Waals surface area contributed by atoms with Gasteiger partial charge in [0, 0.05) is 23.1 Å². The predicted molar refractivity (Wildman–Crippen MR) is 117 cm³/mol. The van der Waals surface area contributed by atoms with Crippen LogP contribution >= 0.6 is 9.24 Å². The van der Waals surface area contributed by atoms with E-state index < -0.39 is 0 Å². The monoisotopic (exact) mass is 394 g/mol. The van der Waals surface area contributed by atoms with Gasteiger partial charge in [-0.2, -0.15) is 0 Å². The highest BCUT2D eigenvalue weighted by Gasteiger charge is 2.31. The van der Waals surface area contributed by atoms with E-state index in [1.165, 1.54) is 11.3 Å². The Morgan fingerprint density at radius 2 is 2.04 bits per heavy atom. The van der Waals surface area contributed by atoms with E-state index in [1.807, 2.05) is 12.1 Å². The standard InChI is InChI=1S/C23H27N2O2P/c24-23(26)18-8-4-9-21-22(18)19-14-17(27-12-5-13-28)10-11-20(19)25(21)15-16-6-2-1-3-7-16/h1-3,6-7,10-11,14,18H,4-5,8-9,12-13,15,28H2,(H2,24,26). The second kappa shape index (κ2) is 8.36. The number of benzene rings is 2. The van der Waals surface area contributed by atoms with Crippen molar-refractivity contribution in [2.24, 2.45) is 5.73 Å². The van der Waals surface area contributed by atoms with Gasteiger partial charge in [0.1, 0.15) is 5.75 Å². The fourth-order valence-electron chi connectivity index (χ4n) is 4.28. The largest absolute Gasteiger partial charge is 0.494 e. The van der Waals surface area contributed by atoms with Crippen molar-refractivity contribution in [2.45, 2.75) is 38.1 Å². The first-order chi connectivity index (χ1) is 13.7. The number of carbonyl (C=O) groups excluding carboxylic acids is 1. The van der Waals surface area contributed by atoms with E-state index in [2.05, 4.69) is 50.2 Å². The molecule has 4 nitrogen and oxygen atoms in total. The zero-order valence-electron chi connectivity index (χ0n) is 16.1. The lowest BCUT2D eigenvalue weighted by atomic mass is 9.84. The molecule has 1 amide bonds. The van der Waals surface area contributed by atoms with Gasteiger partial charge in [-0.25, -0.2) is 0 Å². The van der Waals surface area contributed by atoms with Crippen LogP contribution in [0, 0.1) is 0 Å². The van der Waals surface area contributed by atoms with Gasteiger partial charge in [0.15, 0.2) is 0 Å². The molecule has 2 aromatic carbocycles. The maximum Gasteiger partial charge on any atom is 0.225 e. The maximum absolute atomic E-state index is 12.2. The minimum Gasteiger partial charge on any atom is -0.494 e. The third-order valence-electron chi connectivity index (χ3n) is 5.58. The lowest BCUT2D eigenvalue weighted by Gasteiger charge is -2.22. The molecule has 1 aromatic heterocycles. The summed E-state index contributed by atoms with van der Waals surface area (Å²) < 4.78 is 8.29. The molecule has 2 N–H and O–H groups in total. The molecule has 0 aliphatic heterocycles. The van der Waals surface area contributed by atoms with E-state index >= 15 is 0 Å². The van der Waals surface area contributed by atoms with Crippen molar-refractivity contribution in [1.29, 1.82) is 0 Å². The number of hydrogen-bond acceptors (Lipinski definition) is 2. The molecule has 2 unspecified atom stereocenters. The molecule has 0 bridgehead atoms. The molecule has 0 spiro atoms. The summed E-state index contributed by atoms with van der Waals surface area (Å²) in [5, 5.41) is 1.11. The van der Waals surface area contributed by atoms with Crippen molar-refractivity contribution >= 4 is 26.0 Å². The van der Waals surface area contributed by atoms with Crippen LogP contribution in [0.4, 0.5) is 0 Å². The van der Waals surface area contributed by atoms with Crippen LogP contribution in [-0.4, -0.2) is 23.2 Å². The Hall–Kier alpha value is -2.32. The molecular weight excluding hydrogens is 367 g/mol. The fourth-order valence-corrected chi connectivity index (χ4v) is 4.45. The van der Waals surface area contributed by atoms with E-state index in [9.17, 15) is 4.79 Å². The van der Waals surface area contributed by atoms with E-state index in [1.54, 1.807) is 0 Å². The van der Waals surface area contributed by atoms with Gasteiger partial charge in [-0.05, 0) is 61.2 Å². The summed E-state index contributed by atoms with van der Waals surface area (Å²) in [5.41, 5.74) is 10.6. The Morgan fingerprint density at radius 1 is 1.21 bits per heavy atom. The Balaban J connectivity index is 1.83. The van der Waals surface area contributed by atoms with Crippen LogP contribution < -0.4 is 10.5 Å². The van der Waals surface area contributed by atoms with Gasteiger partial charge in [-0.15, -0.1) is 9.24 Å². The summed E-state index contributed by atoms with van der Waals surface area (Å²) in [7, 11) is 2.73. The molecule has 28 heavy (non-hydrogen) atoms. The van der Waals surface area contributed by atoms with E-state index in [0.29, 0.717) is 6.61 Å². The summed E-state index contributed by atoms with van der Waals surface area (Å²) in [6, 6.07) is 16.7. The summed E-state index contributed by atoms with van der Waals surface area (Å²) >= 11 is 0. The predicted octanol–water partition coefficient (Wildman–Crippen LogP) is 4.24. The molecule has 3 aromatic rings. The van der Waals surface area contributed by atoms with E-state index in [0.717, 1.165) is 60.6 Å². The summed E-state index contributed by atoms with van der Waals surface area (Å²) in [6.07, 6.45) is 4.81. The van der Waals surface area contributed by atoms with Gasteiger partial charge in [0.05, 0.1) is 12.5 Å². The van der Waals surface area contributed by atoms with Crippen molar-refractivity contribution in [1.82, 2.24) is 4.57 Å². The fraction of sp³-hybridized carbons (Fsp3) is 0.348. The Kier molecular flexibility index (Phi) is 5.68. The number of aromatic nitrogens is 1. The smallest absolute Gasteiger partial charge is 0.225 e. The molecule has 0 fully saturated rings. The number of nitrogens with two attached hydrogens (primary N) is 1. The number of fused-ring (bicyclic) bond motifs is 3. The van der Waals surface area contributed by atoms with Crippen molar-refractivity contribution in [3.8, 4) is 5.75 Å². The van der Waals surface area contributed by atoms with Crippen molar-refractivity contribution < 1.29 is 9.53 Å². The highest BCUT2D eigenvalue weighted by Crippen LogP contribution is 2.40. The minimum absolute atomic E-state index is 0.217. The molecule has 0 saturated carbocycles. The van der Waals surface area contributed by atoms with Gasteiger partial charge in [-0.1, -0.05) is 30.3 Å². The van der Waals surface area contributed by atoms with Gasteiger partial charge in [0.2, 0.25) is 5.91 Å². The number of carbonyl (C=O) groups is 1. The summed E-state index contributed by atoms with van der Waals surface area (Å²) in [4.78, 5) is 12.2. The first-order valence-electron chi connectivity index (χ1n) is 10.00. The molecule has 2 atom stereocenters. The number of hydrogen-bond donors (Lipinski definition) is 1. The van der Waals surface area contributed by atoms with Crippen LogP contribution in [-0.2, 0) is 17.8 Å². The van der Waals surface area contributed by atoms with Crippen LogP contribution in [0.1, 0.15) is 42.0 Å². The number of rotatable bonds is 7. The highest BCUT2D eigenvalue weighted by molar-refractivity contribution is 7.16. The van der Waals surface area contributed by atoms with Crippen LogP contribution in [0.15, 0.2) is 48.5 Å². The molecule has 1 heterocycles. The number of primary amides is 1. The van der Waals surface area contributed by atoms with E-state index in [4.69, 9.17) is 10.5 Å². The van der Waals surface area contributed by atoms with Crippen LogP contribution in [0.25, 0.3) is 10.9 Å². The van der Waals surface area contributed by atoms with Crippen molar-refractivity contribution in [2.75, 3.05) is 12.8 Å². The van der Waals surface area contributed by atoms with Crippen molar-refractivity contribution in [3.05, 3.63) is 65.4 Å². The SMILES string of the molecule is NC(=O)C1CCCc2c1c1cc(OCCCP)ccc1n2Cc1ccccc1. The third-order valence-corrected chi connectivity index (χ3v) is 5.99. The first-order valence-corrected chi connectivity index (χ1v) is 10.8. The average Bonchev–Trinajstić information content (AvgIpc) is 3.02. The Bertz CT molecular complexity index is 981. The van der Waals surface area contributed by atoms with Crippen LogP contribution in [0.2, 0.25) is 0 Å². The molecule has 4 rings (SSSR count). The zero-order chi connectivity index (χ0) is 19.5. The van der Waals surface area contributed by atoms with Gasteiger partial charge in [0.25, 0.3) is 0 Å². The Morgan fingerprint density at radius 3 is 2.79 bits per heavy atom. The average molecular weight is 394 g/mol. The van der Waals surface area contributed by atoms with Crippen molar-refractivity contribution in [3.63, 3.8) is 0 Å². The molecular formula is C23H27N2O2P. The highest BCUT2D eigenvalue weighted by atomic mass is 31.0. The molecule has 1 aliphatic rings. The summed E-state index contributed by atoms with van der Waals surface area (Å²) in [6.45, 7) is 1.49. The second-order valence-electron chi connectivity index (χ2n) is 7.45. The number of nitrogens with zero attached hydrogens (tertiary/aromatic N) is 1. The van der Waals surface area contributed by atoms with Gasteiger partial charge in [-0.3, -0.25) is 4.79 Å². The molecule has 0 radical (unpaired) electrons. The third kappa shape index (κ3) is 3.66. The topological polar surface area (TPSA) is 57.3 Å². The van der Waals surface area contributed by atoms with Crippen LogP contribution in [0.3, 0.4) is 0 Å². The second-order valence-corrected chi connectivity index (χ2v) is 8.03. The lowest BCUT2D eigenvalue weighted by molar-refractivity contribution is -0.119. The quantitative estimate of drug-likeness (QED) is 0.481. The minimum atomic E-state index is -0.228. The molecule has 0 saturated heterocycles. The lowest BCUT2D eigenvalue weighted by Crippen LogP contribution is -2.25. The normalized spacial score (nSPS) is 16.1. The molecule has 146 valence electrons. The first kappa shape index (κ1) is 19.0. The molecule has 5 heteroatoms. The maximum atomic E-state index is 12.2. The molecule has 1 aliphatic carbocycles. The summed E-state index contributed by atoms with van der Waals surface area (Å²) in [5.74, 6) is 0.416. The Labute approximate surface area is 168 Å². The number of amides is 1. The van der Waals surface area contributed by atoms with Gasteiger partial charge < -0.3 is 15.0 Å². The van der Waals surface area contributed by atoms with Crippen LogP contribution in [0.5, 0.6) is 5.75 Å².